The first kappa shape index (κ1) is 14.6. The summed E-state index contributed by atoms with van der Waals surface area (Å²) >= 11 is 12.5. The molecule has 1 N–H and O–H groups in total. The monoisotopic (exact) mass is 451 g/mol. The fourth-order valence-electron chi connectivity index (χ4n) is 1.72. The van der Waals surface area contributed by atoms with Crippen LogP contribution in [0.1, 0.15) is 24.3 Å². The summed E-state index contributed by atoms with van der Waals surface area (Å²) in [4.78, 5) is 1.36. The molecule has 1 unspecified atom stereocenters. The van der Waals surface area contributed by atoms with Crippen LogP contribution in [0.15, 0.2) is 43.1 Å². The largest absolute Gasteiger partial charge is 0.376 e. The first-order valence-corrected chi connectivity index (χ1v) is 8.82. The number of benzene rings is 1. The van der Waals surface area contributed by atoms with Crippen LogP contribution in [-0.2, 0) is 0 Å². The summed E-state index contributed by atoms with van der Waals surface area (Å²) in [7, 11) is 0. The van der Waals surface area contributed by atoms with Crippen molar-refractivity contribution in [3.8, 4) is 0 Å². The molecule has 0 saturated heterocycles. The molecule has 1 nitrogen and oxygen atoms in total. The lowest BCUT2D eigenvalue weighted by atomic mass is 10.1. The van der Waals surface area contributed by atoms with Gasteiger partial charge in [-0.1, -0.05) is 28.9 Å². The number of thiophene rings is 1. The zero-order valence-electron chi connectivity index (χ0n) is 9.71. The lowest BCUT2D eigenvalue weighted by Crippen LogP contribution is -2.09. The van der Waals surface area contributed by atoms with Crippen molar-refractivity contribution in [3.05, 3.63) is 47.9 Å². The van der Waals surface area contributed by atoms with Crippen LogP contribution in [0.4, 0.5) is 5.69 Å². The third-order valence-corrected chi connectivity index (χ3v) is 5.31. The van der Waals surface area contributed by atoms with E-state index in [4.69, 9.17) is 0 Å². The minimum Gasteiger partial charge on any atom is -0.376 e. The van der Waals surface area contributed by atoms with Crippen LogP contribution >= 0.6 is 59.1 Å². The molecular weight excluding hydrogens is 442 g/mol. The Hall–Kier alpha value is 0.160. The molecule has 1 heterocycles. The average molecular weight is 454 g/mol. The zero-order valence-corrected chi connectivity index (χ0v) is 15.3. The SMILES string of the molecule is CCC(Nc1c(Br)cc(Br)cc1Br)c1cccs1. The third-order valence-electron chi connectivity index (χ3n) is 2.62. The van der Waals surface area contributed by atoms with E-state index in [-0.39, 0.29) is 0 Å². The van der Waals surface area contributed by atoms with Crippen molar-refractivity contribution in [1.29, 1.82) is 0 Å². The Kier molecular flexibility index (Phi) is 5.30. The average Bonchev–Trinajstić information content (AvgIpc) is 2.81. The Morgan fingerprint density at radius 3 is 2.39 bits per heavy atom. The fraction of sp³-hybridized carbons (Fsp3) is 0.231. The quantitative estimate of drug-likeness (QED) is 0.550. The number of rotatable bonds is 4. The van der Waals surface area contributed by atoms with Crippen molar-refractivity contribution in [2.45, 2.75) is 19.4 Å². The highest BCUT2D eigenvalue weighted by Gasteiger charge is 2.14. The van der Waals surface area contributed by atoms with Crippen molar-refractivity contribution >= 4 is 64.8 Å². The summed E-state index contributed by atoms with van der Waals surface area (Å²) in [6.07, 6.45) is 1.05. The number of anilines is 1. The van der Waals surface area contributed by atoms with E-state index >= 15 is 0 Å². The Bertz CT molecular complexity index is 502. The van der Waals surface area contributed by atoms with Gasteiger partial charge in [-0.2, -0.15) is 0 Å². The predicted molar refractivity (Wildman–Crippen MR) is 90.5 cm³/mol. The molecule has 1 aromatic carbocycles. The molecular formula is C13H12Br3NS. The van der Waals surface area contributed by atoms with Gasteiger partial charge in [0.15, 0.2) is 0 Å². The van der Waals surface area contributed by atoms with Gasteiger partial charge in [0.05, 0.1) is 11.7 Å². The number of hydrogen-bond donors (Lipinski definition) is 1. The van der Waals surface area contributed by atoms with E-state index < -0.39 is 0 Å². The summed E-state index contributed by atoms with van der Waals surface area (Å²) < 4.78 is 3.16. The molecule has 0 fully saturated rings. The van der Waals surface area contributed by atoms with Crippen LogP contribution in [0.5, 0.6) is 0 Å². The van der Waals surface area contributed by atoms with E-state index in [0.29, 0.717) is 6.04 Å². The lowest BCUT2D eigenvalue weighted by Gasteiger charge is -2.19. The normalized spacial score (nSPS) is 12.4. The second-order valence-electron chi connectivity index (χ2n) is 3.87. The standard InChI is InChI=1S/C13H12Br3NS/c1-2-11(12-4-3-5-18-12)17-13-9(15)6-8(14)7-10(13)16/h3-7,11,17H,2H2,1H3. The van der Waals surface area contributed by atoms with E-state index in [0.717, 1.165) is 25.5 Å². The van der Waals surface area contributed by atoms with Crippen LogP contribution in [-0.4, -0.2) is 0 Å². The highest BCUT2D eigenvalue weighted by atomic mass is 79.9. The van der Waals surface area contributed by atoms with Crippen LogP contribution in [0.2, 0.25) is 0 Å². The van der Waals surface area contributed by atoms with Gasteiger partial charge in [0.2, 0.25) is 0 Å². The second-order valence-corrected chi connectivity index (χ2v) is 7.47. The maximum Gasteiger partial charge on any atom is 0.0634 e. The maximum absolute atomic E-state index is 3.60. The molecule has 0 aliphatic carbocycles. The molecule has 0 spiro atoms. The van der Waals surface area contributed by atoms with Crippen LogP contribution < -0.4 is 5.32 Å². The van der Waals surface area contributed by atoms with Crippen LogP contribution in [0.3, 0.4) is 0 Å². The van der Waals surface area contributed by atoms with Crippen molar-refractivity contribution in [1.82, 2.24) is 0 Å². The minimum atomic E-state index is 0.346. The first-order chi connectivity index (χ1) is 8.61. The molecule has 0 aliphatic rings. The van der Waals surface area contributed by atoms with E-state index in [2.05, 4.69) is 77.5 Å². The first-order valence-electron chi connectivity index (χ1n) is 5.56. The molecule has 0 radical (unpaired) electrons. The Balaban J connectivity index is 2.28. The molecule has 1 atom stereocenters. The topological polar surface area (TPSA) is 12.0 Å². The van der Waals surface area contributed by atoms with Gasteiger partial charge in [-0.05, 0) is 61.9 Å². The minimum absolute atomic E-state index is 0.346. The number of nitrogens with one attached hydrogen (secondary N) is 1. The van der Waals surface area contributed by atoms with Gasteiger partial charge in [-0.25, -0.2) is 0 Å². The molecule has 0 saturated carbocycles. The second kappa shape index (κ2) is 6.55. The number of hydrogen-bond acceptors (Lipinski definition) is 2. The summed E-state index contributed by atoms with van der Waals surface area (Å²) in [5, 5.41) is 5.71. The van der Waals surface area contributed by atoms with Crippen molar-refractivity contribution in [3.63, 3.8) is 0 Å². The van der Waals surface area contributed by atoms with Crippen molar-refractivity contribution in [2.75, 3.05) is 5.32 Å². The molecule has 1 aromatic heterocycles. The molecule has 18 heavy (non-hydrogen) atoms. The smallest absolute Gasteiger partial charge is 0.0634 e. The van der Waals surface area contributed by atoms with Gasteiger partial charge in [-0.3, -0.25) is 0 Å². The third kappa shape index (κ3) is 3.38. The Labute approximate surface area is 136 Å². The molecule has 2 rings (SSSR count). The van der Waals surface area contributed by atoms with Crippen LogP contribution in [0, 0.1) is 0 Å². The van der Waals surface area contributed by atoms with E-state index in [1.54, 1.807) is 11.3 Å². The van der Waals surface area contributed by atoms with Crippen LogP contribution in [0.25, 0.3) is 0 Å². The van der Waals surface area contributed by atoms with Gasteiger partial charge in [-0.15, -0.1) is 11.3 Å². The molecule has 2 aromatic rings. The zero-order chi connectivity index (χ0) is 13.1. The molecule has 0 amide bonds. The molecule has 5 heteroatoms. The lowest BCUT2D eigenvalue weighted by molar-refractivity contribution is 0.762. The predicted octanol–water partition coefficient (Wildman–Crippen LogP) is 6.60. The summed E-state index contributed by atoms with van der Waals surface area (Å²) in [5.74, 6) is 0. The van der Waals surface area contributed by atoms with Gasteiger partial charge in [0.1, 0.15) is 0 Å². The Morgan fingerprint density at radius 1 is 1.22 bits per heavy atom. The highest BCUT2D eigenvalue weighted by molar-refractivity contribution is 9.11. The fourth-order valence-corrected chi connectivity index (χ4v) is 5.07. The van der Waals surface area contributed by atoms with Gasteiger partial charge >= 0.3 is 0 Å². The van der Waals surface area contributed by atoms with E-state index in [9.17, 15) is 0 Å². The van der Waals surface area contributed by atoms with Crippen molar-refractivity contribution in [2.24, 2.45) is 0 Å². The number of halogens is 3. The molecule has 0 aliphatic heterocycles. The highest BCUT2D eigenvalue weighted by Crippen LogP contribution is 2.37. The van der Waals surface area contributed by atoms with E-state index in [1.165, 1.54) is 4.88 Å². The van der Waals surface area contributed by atoms with E-state index in [1.807, 2.05) is 12.1 Å². The van der Waals surface area contributed by atoms with Gasteiger partial charge in [0.25, 0.3) is 0 Å². The summed E-state index contributed by atoms with van der Waals surface area (Å²) in [5.41, 5.74) is 1.10. The van der Waals surface area contributed by atoms with Crippen molar-refractivity contribution < 1.29 is 0 Å². The van der Waals surface area contributed by atoms with Gasteiger partial charge < -0.3 is 5.32 Å². The molecule has 96 valence electrons. The molecule has 0 bridgehead atoms. The Morgan fingerprint density at radius 2 is 1.89 bits per heavy atom. The summed E-state index contributed by atoms with van der Waals surface area (Å²) in [6.45, 7) is 2.19. The summed E-state index contributed by atoms with van der Waals surface area (Å²) in [6, 6.07) is 8.71. The maximum atomic E-state index is 3.60. The van der Waals surface area contributed by atoms with Gasteiger partial charge in [0, 0.05) is 18.3 Å².